The van der Waals surface area contributed by atoms with E-state index in [2.05, 4.69) is 10.2 Å². The van der Waals surface area contributed by atoms with Crippen LogP contribution in [0.1, 0.15) is 12.0 Å². The largest absolute Gasteiger partial charge is 0.353 e. The SMILES string of the molecule is CN(C)CCCNC(=O)/C=C/c1ccccc1Sc1c(Cl)cccc1Cl. The highest BCUT2D eigenvalue weighted by molar-refractivity contribution is 7.99. The van der Waals surface area contributed by atoms with E-state index in [9.17, 15) is 4.79 Å². The average molecular weight is 409 g/mol. The van der Waals surface area contributed by atoms with E-state index >= 15 is 0 Å². The standard InChI is InChI=1S/C20H22Cl2N2OS/c1-24(2)14-6-13-23-19(25)12-11-15-7-3-4-10-18(15)26-20-16(21)8-5-9-17(20)22/h3-5,7-12H,6,13-14H2,1-2H3,(H,23,25)/b12-11+. The number of nitrogens with zero attached hydrogens (tertiary/aromatic N) is 1. The van der Waals surface area contributed by atoms with E-state index in [0.29, 0.717) is 16.6 Å². The fourth-order valence-corrected chi connectivity index (χ4v) is 3.81. The number of halogens is 2. The van der Waals surface area contributed by atoms with Crippen molar-refractivity contribution in [3.63, 3.8) is 0 Å². The number of nitrogens with one attached hydrogen (secondary N) is 1. The lowest BCUT2D eigenvalue weighted by Crippen LogP contribution is -2.25. The van der Waals surface area contributed by atoms with Gasteiger partial charge in [-0.25, -0.2) is 0 Å². The number of hydrogen-bond donors (Lipinski definition) is 1. The van der Waals surface area contributed by atoms with Gasteiger partial charge in [-0.2, -0.15) is 0 Å². The Balaban J connectivity index is 2.03. The zero-order chi connectivity index (χ0) is 18.9. The van der Waals surface area contributed by atoms with Gasteiger partial charge < -0.3 is 10.2 Å². The molecule has 0 aliphatic rings. The minimum atomic E-state index is -0.0978. The number of benzene rings is 2. The molecule has 0 atom stereocenters. The summed E-state index contributed by atoms with van der Waals surface area (Å²) >= 11 is 14.0. The number of rotatable bonds is 8. The Bertz CT molecular complexity index is 758. The Morgan fingerprint density at radius 2 is 1.81 bits per heavy atom. The van der Waals surface area contributed by atoms with Gasteiger partial charge in [-0.15, -0.1) is 0 Å². The molecule has 0 bridgehead atoms. The lowest BCUT2D eigenvalue weighted by molar-refractivity contribution is -0.116. The van der Waals surface area contributed by atoms with Gasteiger partial charge in [-0.05, 0) is 56.9 Å². The predicted molar refractivity (Wildman–Crippen MR) is 112 cm³/mol. The zero-order valence-corrected chi connectivity index (χ0v) is 17.2. The summed E-state index contributed by atoms with van der Waals surface area (Å²) in [5.41, 5.74) is 0.942. The van der Waals surface area contributed by atoms with Gasteiger partial charge in [0, 0.05) is 22.4 Å². The summed E-state index contributed by atoms with van der Waals surface area (Å²) in [6, 6.07) is 13.3. The molecule has 0 saturated carbocycles. The first-order chi connectivity index (χ1) is 12.5. The Morgan fingerprint density at radius 1 is 1.12 bits per heavy atom. The second-order valence-corrected chi connectivity index (χ2v) is 7.84. The summed E-state index contributed by atoms with van der Waals surface area (Å²) in [6.07, 6.45) is 4.29. The summed E-state index contributed by atoms with van der Waals surface area (Å²) in [6.45, 7) is 1.61. The molecule has 2 aromatic carbocycles. The van der Waals surface area contributed by atoms with Gasteiger partial charge in [0.05, 0.1) is 10.0 Å². The average Bonchev–Trinajstić information content (AvgIpc) is 2.61. The van der Waals surface area contributed by atoms with Crippen molar-refractivity contribution >= 4 is 46.9 Å². The second kappa shape index (κ2) is 10.6. The van der Waals surface area contributed by atoms with Crippen molar-refractivity contribution in [2.45, 2.75) is 16.2 Å². The van der Waals surface area contributed by atoms with Crippen LogP contribution in [0.2, 0.25) is 10.0 Å². The Labute approximate surface area is 169 Å². The number of carbonyl (C=O) groups excluding carboxylic acids is 1. The third-order valence-electron chi connectivity index (χ3n) is 3.55. The molecule has 138 valence electrons. The van der Waals surface area contributed by atoms with Crippen LogP contribution in [-0.4, -0.2) is 38.0 Å². The Hall–Kier alpha value is -1.46. The van der Waals surface area contributed by atoms with Gasteiger partial charge in [-0.3, -0.25) is 4.79 Å². The third kappa shape index (κ3) is 6.69. The van der Waals surface area contributed by atoms with Crippen LogP contribution in [0.4, 0.5) is 0 Å². The number of amides is 1. The molecule has 2 aromatic rings. The van der Waals surface area contributed by atoms with Crippen molar-refractivity contribution in [3.8, 4) is 0 Å². The maximum atomic E-state index is 12.0. The molecular weight excluding hydrogens is 387 g/mol. The van der Waals surface area contributed by atoms with Gasteiger partial charge >= 0.3 is 0 Å². The minimum Gasteiger partial charge on any atom is -0.353 e. The van der Waals surface area contributed by atoms with Crippen LogP contribution in [0, 0.1) is 0 Å². The fourth-order valence-electron chi connectivity index (χ4n) is 2.23. The maximum absolute atomic E-state index is 12.0. The highest BCUT2D eigenvalue weighted by Gasteiger charge is 2.09. The topological polar surface area (TPSA) is 32.3 Å². The molecule has 0 aliphatic carbocycles. The van der Waals surface area contributed by atoms with E-state index in [1.165, 1.54) is 11.8 Å². The molecular formula is C20H22Cl2N2OS. The Morgan fingerprint density at radius 3 is 2.50 bits per heavy atom. The van der Waals surface area contributed by atoms with Crippen LogP contribution in [-0.2, 0) is 4.79 Å². The normalized spacial score (nSPS) is 11.3. The quantitative estimate of drug-likeness (QED) is 0.479. The summed E-state index contributed by atoms with van der Waals surface area (Å²) in [5.74, 6) is -0.0978. The molecule has 3 nitrogen and oxygen atoms in total. The van der Waals surface area contributed by atoms with E-state index in [-0.39, 0.29) is 5.91 Å². The maximum Gasteiger partial charge on any atom is 0.244 e. The molecule has 0 radical (unpaired) electrons. The van der Waals surface area contributed by atoms with E-state index in [0.717, 1.165) is 28.3 Å². The highest BCUT2D eigenvalue weighted by Crippen LogP contribution is 2.39. The van der Waals surface area contributed by atoms with Crippen LogP contribution in [0.15, 0.2) is 58.3 Å². The predicted octanol–water partition coefficient (Wildman–Crippen LogP) is 5.23. The lowest BCUT2D eigenvalue weighted by Gasteiger charge is -2.09. The van der Waals surface area contributed by atoms with E-state index < -0.39 is 0 Å². The monoisotopic (exact) mass is 408 g/mol. The highest BCUT2D eigenvalue weighted by atomic mass is 35.5. The van der Waals surface area contributed by atoms with Crippen LogP contribution >= 0.6 is 35.0 Å². The summed E-state index contributed by atoms with van der Waals surface area (Å²) in [5, 5.41) is 4.12. The first kappa shape index (κ1) is 20.8. The Kier molecular flexibility index (Phi) is 8.52. The molecule has 1 N–H and O–H groups in total. The molecule has 0 aromatic heterocycles. The van der Waals surface area contributed by atoms with E-state index in [1.54, 1.807) is 6.08 Å². The molecule has 0 spiro atoms. The molecule has 6 heteroatoms. The van der Waals surface area contributed by atoms with Crippen molar-refractivity contribution < 1.29 is 4.79 Å². The molecule has 0 saturated heterocycles. The number of hydrogen-bond acceptors (Lipinski definition) is 3. The summed E-state index contributed by atoms with van der Waals surface area (Å²) in [4.78, 5) is 15.9. The molecule has 0 fully saturated rings. The van der Waals surface area contributed by atoms with Gasteiger partial charge in [0.2, 0.25) is 5.91 Å². The van der Waals surface area contributed by atoms with Crippen molar-refractivity contribution in [2.75, 3.05) is 27.2 Å². The van der Waals surface area contributed by atoms with E-state index in [1.807, 2.05) is 62.6 Å². The van der Waals surface area contributed by atoms with Crippen molar-refractivity contribution in [2.24, 2.45) is 0 Å². The van der Waals surface area contributed by atoms with Crippen LogP contribution in [0.3, 0.4) is 0 Å². The molecule has 0 unspecified atom stereocenters. The van der Waals surface area contributed by atoms with Crippen molar-refractivity contribution in [1.82, 2.24) is 10.2 Å². The van der Waals surface area contributed by atoms with Gasteiger partial charge in [-0.1, -0.05) is 59.2 Å². The van der Waals surface area contributed by atoms with Crippen LogP contribution in [0.25, 0.3) is 6.08 Å². The van der Waals surface area contributed by atoms with Crippen LogP contribution < -0.4 is 5.32 Å². The fraction of sp³-hybridized carbons (Fsp3) is 0.250. The van der Waals surface area contributed by atoms with Gasteiger partial charge in [0.25, 0.3) is 0 Å². The van der Waals surface area contributed by atoms with Crippen LogP contribution in [0.5, 0.6) is 0 Å². The van der Waals surface area contributed by atoms with E-state index in [4.69, 9.17) is 23.2 Å². The molecule has 2 rings (SSSR count). The number of carbonyl (C=O) groups is 1. The lowest BCUT2D eigenvalue weighted by atomic mass is 10.2. The molecule has 0 aliphatic heterocycles. The molecule has 0 heterocycles. The van der Waals surface area contributed by atoms with Gasteiger partial charge in [0.1, 0.15) is 0 Å². The first-order valence-corrected chi connectivity index (χ1v) is 9.86. The zero-order valence-electron chi connectivity index (χ0n) is 14.8. The molecule has 1 amide bonds. The summed E-state index contributed by atoms with van der Waals surface area (Å²) < 4.78 is 0. The molecule has 26 heavy (non-hydrogen) atoms. The first-order valence-electron chi connectivity index (χ1n) is 8.29. The minimum absolute atomic E-state index is 0.0978. The second-order valence-electron chi connectivity index (χ2n) is 5.97. The van der Waals surface area contributed by atoms with Crippen molar-refractivity contribution in [3.05, 3.63) is 64.1 Å². The summed E-state index contributed by atoms with van der Waals surface area (Å²) in [7, 11) is 4.03. The third-order valence-corrected chi connectivity index (χ3v) is 5.64. The van der Waals surface area contributed by atoms with Crippen molar-refractivity contribution in [1.29, 1.82) is 0 Å². The van der Waals surface area contributed by atoms with Gasteiger partial charge in [0.15, 0.2) is 0 Å². The smallest absolute Gasteiger partial charge is 0.244 e.